The van der Waals surface area contributed by atoms with Gasteiger partial charge in [-0.25, -0.2) is 9.97 Å². The first-order valence-corrected chi connectivity index (χ1v) is 9.99. The SMILES string of the molecule is Cl.O=C(NCc1nc(-c2cnccn2)n[nH]1)[C@]1(Cc2ccccc2)C[C@@H]2CC[C@H]1N2. The van der Waals surface area contributed by atoms with Gasteiger partial charge in [0.05, 0.1) is 18.2 Å². The molecule has 1 amide bonds. The first-order valence-electron chi connectivity index (χ1n) is 9.99. The van der Waals surface area contributed by atoms with Crippen molar-refractivity contribution in [1.29, 1.82) is 0 Å². The molecule has 2 saturated heterocycles. The van der Waals surface area contributed by atoms with Crippen molar-refractivity contribution >= 4 is 18.3 Å². The molecule has 156 valence electrons. The Balaban J connectivity index is 0.00000218. The minimum Gasteiger partial charge on any atom is -0.348 e. The third-order valence-electron chi connectivity index (χ3n) is 6.07. The number of benzene rings is 1. The van der Waals surface area contributed by atoms with Crippen molar-refractivity contribution in [2.24, 2.45) is 5.41 Å². The van der Waals surface area contributed by atoms with E-state index in [0.29, 0.717) is 29.9 Å². The predicted molar refractivity (Wildman–Crippen MR) is 114 cm³/mol. The molecule has 2 aliphatic heterocycles. The van der Waals surface area contributed by atoms with Gasteiger partial charge >= 0.3 is 0 Å². The molecule has 0 radical (unpaired) electrons. The van der Waals surface area contributed by atoms with Gasteiger partial charge in [-0.15, -0.1) is 12.4 Å². The number of rotatable bonds is 6. The van der Waals surface area contributed by atoms with Gasteiger partial charge in [-0.05, 0) is 31.2 Å². The van der Waals surface area contributed by atoms with Gasteiger partial charge in [0.2, 0.25) is 11.7 Å². The predicted octanol–water partition coefficient (Wildman–Crippen LogP) is 2.05. The van der Waals surface area contributed by atoms with Crippen LogP contribution in [0.25, 0.3) is 11.5 Å². The van der Waals surface area contributed by atoms with Crippen LogP contribution in [0.1, 0.15) is 30.7 Å². The second-order valence-electron chi connectivity index (χ2n) is 7.90. The summed E-state index contributed by atoms with van der Waals surface area (Å²) in [5.41, 5.74) is 1.37. The van der Waals surface area contributed by atoms with Crippen molar-refractivity contribution in [1.82, 2.24) is 35.8 Å². The quantitative estimate of drug-likeness (QED) is 0.557. The average molecular weight is 426 g/mol. The highest BCUT2D eigenvalue weighted by molar-refractivity contribution is 5.85. The van der Waals surface area contributed by atoms with Crippen LogP contribution in [0.4, 0.5) is 0 Å². The van der Waals surface area contributed by atoms with Gasteiger partial charge in [0.1, 0.15) is 11.5 Å². The van der Waals surface area contributed by atoms with Crippen LogP contribution in [-0.2, 0) is 17.8 Å². The number of nitrogens with one attached hydrogen (secondary N) is 3. The van der Waals surface area contributed by atoms with E-state index in [1.54, 1.807) is 18.6 Å². The van der Waals surface area contributed by atoms with Crippen LogP contribution < -0.4 is 10.6 Å². The smallest absolute Gasteiger partial charge is 0.228 e. The molecule has 2 aliphatic rings. The fourth-order valence-electron chi connectivity index (χ4n) is 4.73. The van der Waals surface area contributed by atoms with Gasteiger partial charge < -0.3 is 10.6 Å². The van der Waals surface area contributed by atoms with E-state index in [9.17, 15) is 4.79 Å². The fraction of sp³-hybridized carbons (Fsp3) is 0.381. The van der Waals surface area contributed by atoms with Crippen LogP contribution in [0.5, 0.6) is 0 Å². The summed E-state index contributed by atoms with van der Waals surface area (Å²) in [4.78, 5) is 26.0. The summed E-state index contributed by atoms with van der Waals surface area (Å²) in [6.45, 7) is 0.306. The molecular formula is C21H24ClN7O. The summed E-state index contributed by atoms with van der Waals surface area (Å²) in [5.74, 6) is 1.16. The topological polar surface area (TPSA) is 108 Å². The largest absolute Gasteiger partial charge is 0.348 e. The van der Waals surface area contributed by atoms with E-state index >= 15 is 0 Å². The highest BCUT2D eigenvalue weighted by Crippen LogP contribution is 2.46. The fourth-order valence-corrected chi connectivity index (χ4v) is 4.73. The van der Waals surface area contributed by atoms with Crippen LogP contribution in [0.3, 0.4) is 0 Å². The van der Waals surface area contributed by atoms with Gasteiger partial charge in [-0.2, -0.15) is 5.10 Å². The number of aromatic amines is 1. The summed E-state index contributed by atoms with van der Waals surface area (Å²) in [6, 6.07) is 10.9. The zero-order chi connectivity index (χ0) is 19.7. The molecule has 0 aliphatic carbocycles. The molecule has 3 aromatic rings. The Bertz CT molecular complexity index is 997. The lowest BCUT2D eigenvalue weighted by Gasteiger charge is -2.35. The first-order chi connectivity index (χ1) is 14.2. The maximum Gasteiger partial charge on any atom is 0.228 e. The summed E-state index contributed by atoms with van der Waals surface area (Å²) >= 11 is 0. The van der Waals surface area contributed by atoms with Crippen molar-refractivity contribution in [2.45, 2.75) is 44.3 Å². The van der Waals surface area contributed by atoms with Gasteiger partial charge in [-0.3, -0.25) is 14.9 Å². The number of H-pyrrole nitrogens is 1. The maximum atomic E-state index is 13.4. The molecule has 2 bridgehead atoms. The molecule has 0 unspecified atom stereocenters. The maximum absolute atomic E-state index is 13.4. The van der Waals surface area contributed by atoms with Crippen molar-refractivity contribution in [3.05, 3.63) is 60.3 Å². The van der Waals surface area contributed by atoms with Crippen molar-refractivity contribution in [2.75, 3.05) is 0 Å². The lowest BCUT2D eigenvalue weighted by molar-refractivity contribution is -0.132. The molecule has 30 heavy (non-hydrogen) atoms. The van der Waals surface area contributed by atoms with E-state index in [4.69, 9.17) is 0 Å². The molecule has 2 aromatic heterocycles. The van der Waals surface area contributed by atoms with Crippen molar-refractivity contribution < 1.29 is 4.79 Å². The Morgan fingerprint density at radius 1 is 1.20 bits per heavy atom. The zero-order valence-corrected chi connectivity index (χ0v) is 17.2. The van der Waals surface area contributed by atoms with E-state index in [1.165, 1.54) is 5.56 Å². The molecule has 4 heterocycles. The van der Waals surface area contributed by atoms with Gasteiger partial charge in [-0.1, -0.05) is 30.3 Å². The zero-order valence-electron chi connectivity index (χ0n) is 16.4. The normalized spacial score (nSPS) is 24.4. The minimum absolute atomic E-state index is 0. The Hall–Kier alpha value is -2.84. The standard InChI is InChI=1S/C21H23N7O.ClH/c29-20(24-13-18-26-19(28-27-18)16-12-22-8-9-23-16)21(10-14-4-2-1-3-5-14)11-15-6-7-17(21)25-15;/h1-5,8-9,12,15,17,25H,6-7,10-11,13H2,(H,24,29)(H,26,27,28);1H/t15-,17+,21+;/m0./s1. The van der Waals surface area contributed by atoms with Gasteiger partial charge in [0, 0.05) is 24.5 Å². The molecule has 0 spiro atoms. The Labute approximate surface area is 180 Å². The van der Waals surface area contributed by atoms with Crippen LogP contribution in [0.15, 0.2) is 48.9 Å². The van der Waals surface area contributed by atoms with Crippen LogP contribution >= 0.6 is 12.4 Å². The van der Waals surface area contributed by atoms with Crippen LogP contribution in [-0.4, -0.2) is 43.1 Å². The van der Waals surface area contributed by atoms with E-state index in [1.807, 2.05) is 18.2 Å². The molecule has 0 saturated carbocycles. The summed E-state index contributed by atoms with van der Waals surface area (Å²) < 4.78 is 0. The Morgan fingerprint density at radius 2 is 2.07 bits per heavy atom. The van der Waals surface area contributed by atoms with E-state index in [-0.39, 0.29) is 24.4 Å². The molecule has 5 rings (SSSR count). The lowest BCUT2D eigenvalue weighted by atomic mass is 9.69. The third kappa shape index (κ3) is 3.80. The highest BCUT2D eigenvalue weighted by atomic mass is 35.5. The average Bonchev–Trinajstić information content (AvgIpc) is 3.50. The Kier molecular flexibility index (Phi) is 5.78. The number of hydrogen-bond acceptors (Lipinski definition) is 6. The highest BCUT2D eigenvalue weighted by Gasteiger charge is 2.55. The number of hydrogen-bond donors (Lipinski definition) is 3. The van der Waals surface area contributed by atoms with Crippen molar-refractivity contribution in [3.63, 3.8) is 0 Å². The number of nitrogens with zero attached hydrogens (tertiary/aromatic N) is 4. The molecule has 8 nitrogen and oxygen atoms in total. The summed E-state index contributed by atoms with van der Waals surface area (Å²) in [6.07, 6.45) is 8.63. The van der Waals surface area contributed by atoms with Gasteiger partial charge in [0.25, 0.3) is 0 Å². The number of amides is 1. The van der Waals surface area contributed by atoms with Gasteiger partial charge in [0.15, 0.2) is 0 Å². The molecule has 3 N–H and O–H groups in total. The van der Waals surface area contributed by atoms with E-state index in [2.05, 4.69) is 47.9 Å². The third-order valence-corrected chi connectivity index (χ3v) is 6.07. The first kappa shape index (κ1) is 20.4. The number of halogens is 1. The van der Waals surface area contributed by atoms with E-state index in [0.717, 1.165) is 25.7 Å². The molecule has 9 heteroatoms. The second-order valence-corrected chi connectivity index (χ2v) is 7.90. The Morgan fingerprint density at radius 3 is 2.77 bits per heavy atom. The number of aromatic nitrogens is 5. The molecular weight excluding hydrogens is 402 g/mol. The minimum atomic E-state index is -0.419. The summed E-state index contributed by atoms with van der Waals surface area (Å²) in [5, 5.41) is 13.8. The number of fused-ring (bicyclic) bond motifs is 2. The monoisotopic (exact) mass is 425 g/mol. The molecule has 3 atom stereocenters. The summed E-state index contributed by atoms with van der Waals surface area (Å²) in [7, 11) is 0. The van der Waals surface area contributed by atoms with Crippen LogP contribution in [0, 0.1) is 5.41 Å². The van der Waals surface area contributed by atoms with Crippen LogP contribution in [0.2, 0.25) is 0 Å². The number of carbonyl (C=O) groups excluding carboxylic acids is 1. The van der Waals surface area contributed by atoms with Crippen molar-refractivity contribution in [3.8, 4) is 11.5 Å². The number of carbonyl (C=O) groups is 1. The molecule has 2 fully saturated rings. The van der Waals surface area contributed by atoms with E-state index < -0.39 is 5.41 Å². The lowest BCUT2D eigenvalue weighted by Crippen LogP contribution is -2.49. The molecule has 1 aromatic carbocycles. The second kappa shape index (κ2) is 8.49.